The lowest BCUT2D eigenvalue weighted by Gasteiger charge is -2.34. The molecule has 9 aromatic rings. The fourth-order valence-corrected chi connectivity index (χ4v) is 8.21. The molecule has 0 fully saturated rings. The molecule has 10 rings (SSSR count). The van der Waals surface area contributed by atoms with Gasteiger partial charge < -0.3 is 0 Å². The zero-order valence-corrected chi connectivity index (χ0v) is 28.9. The molecule has 1 heterocycles. The number of hydrogen-bond donors (Lipinski definition) is 0. The molecule has 248 valence electrons. The summed E-state index contributed by atoms with van der Waals surface area (Å²) in [6, 6.07) is 71.1. The van der Waals surface area contributed by atoms with E-state index in [1.807, 2.05) is 18.2 Å². The minimum absolute atomic E-state index is 0.514. The van der Waals surface area contributed by atoms with Crippen molar-refractivity contribution in [3.8, 4) is 56.4 Å². The van der Waals surface area contributed by atoms with Crippen molar-refractivity contribution >= 4 is 10.8 Å². The van der Waals surface area contributed by atoms with Crippen LogP contribution < -0.4 is 0 Å². The van der Waals surface area contributed by atoms with Crippen LogP contribution in [0.5, 0.6) is 0 Å². The third kappa shape index (κ3) is 5.09. The van der Waals surface area contributed by atoms with Crippen molar-refractivity contribution in [3.05, 3.63) is 222 Å². The Bertz CT molecular complexity index is 2710. The summed E-state index contributed by atoms with van der Waals surface area (Å²) in [5.41, 5.74) is 12.1. The SMILES string of the molecule is c1ccc(-c2nc(-c3ccc(-c4cccc5ccccc45)cc3)nc(-c3ccc4c(c3)C(c3ccccc3)(c3ccccc3)c3ccccc3-4)n2)cc1. The molecule has 8 aromatic carbocycles. The highest BCUT2D eigenvalue weighted by Crippen LogP contribution is 2.56. The minimum atomic E-state index is -0.514. The van der Waals surface area contributed by atoms with Gasteiger partial charge in [-0.15, -0.1) is 0 Å². The molecule has 0 radical (unpaired) electrons. The van der Waals surface area contributed by atoms with E-state index < -0.39 is 5.41 Å². The van der Waals surface area contributed by atoms with Gasteiger partial charge in [-0.25, -0.2) is 15.0 Å². The summed E-state index contributed by atoms with van der Waals surface area (Å²) in [4.78, 5) is 15.4. The monoisotopic (exact) mass is 675 g/mol. The lowest BCUT2D eigenvalue weighted by atomic mass is 9.67. The van der Waals surface area contributed by atoms with Gasteiger partial charge in [-0.05, 0) is 61.3 Å². The van der Waals surface area contributed by atoms with Gasteiger partial charge >= 0.3 is 0 Å². The van der Waals surface area contributed by atoms with E-state index in [1.165, 1.54) is 49.7 Å². The molecule has 0 unspecified atom stereocenters. The average Bonchev–Trinajstić information content (AvgIpc) is 3.55. The number of fused-ring (bicyclic) bond motifs is 4. The molecule has 0 atom stereocenters. The Morgan fingerprint density at radius 1 is 0.302 bits per heavy atom. The Labute approximate surface area is 309 Å². The van der Waals surface area contributed by atoms with Gasteiger partial charge in [0.2, 0.25) is 0 Å². The van der Waals surface area contributed by atoms with Gasteiger partial charge in [0.15, 0.2) is 17.5 Å². The van der Waals surface area contributed by atoms with Crippen molar-refractivity contribution in [1.29, 1.82) is 0 Å². The highest BCUT2D eigenvalue weighted by molar-refractivity contribution is 5.97. The summed E-state index contributed by atoms with van der Waals surface area (Å²) >= 11 is 0. The first kappa shape index (κ1) is 30.8. The predicted octanol–water partition coefficient (Wildman–Crippen LogP) is 12.1. The largest absolute Gasteiger partial charge is 0.208 e. The van der Waals surface area contributed by atoms with Crippen LogP contribution in [0.4, 0.5) is 0 Å². The zero-order chi connectivity index (χ0) is 35.2. The second-order valence-electron chi connectivity index (χ2n) is 13.6. The van der Waals surface area contributed by atoms with Crippen molar-refractivity contribution in [3.63, 3.8) is 0 Å². The van der Waals surface area contributed by atoms with Gasteiger partial charge in [-0.1, -0.05) is 194 Å². The van der Waals surface area contributed by atoms with Crippen LogP contribution >= 0.6 is 0 Å². The topological polar surface area (TPSA) is 38.7 Å². The van der Waals surface area contributed by atoms with Crippen LogP contribution in [0.15, 0.2) is 200 Å². The highest BCUT2D eigenvalue weighted by Gasteiger charge is 2.46. The Hall–Kier alpha value is -6.97. The number of nitrogens with zero attached hydrogens (tertiary/aromatic N) is 3. The summed E-state index contributed by atoms with van der Waals surface area (Å²) in [6.07, 6.45) is 0. The first-order valence-electron chi connectivity index (χ1n) is 18.0. The molecule has 1 aliphatic carbocycles. The van der Waals surface area contributed by atoms with Crippen LogP contribution in [0.2, 0.25) is 0 Å². The number of aromatic nitrogens is 3. The quantitative estimate of drug-likeness (QED) is 0.176. The molecule has 0 spiro atoms. The molecule has 3 nitrogen and oxygen atoms in total. The first-order valence-corrected chi connectivity index (χ1v) is 18.0. The van der Waals surface area contributed by atoms with E-state index in [2.05, 4.69) is 182 Å². The summed E-state index contributed by atoms with van der Waals surface area (Å²) < 4.78 is 0. The standard InChI is InChI=1S/C50H33N3/c1-4-16-36(17-5-1)47-51-48(37-29-27-35(28-30-37)42-25-14-18-34-15-10-11-23-41(34)42)53-49(52-47)38-31-32-44-43-24-12-13-26-45(43)50(46(44)33-38,39-19-6-2-7-20-39)40-21-8-3-9-22-40/h1-33H. The second-order valence-corrected chi connectivity index (χ2v) is 13.6. The summed E-state index contributed by atoms with van der Waals surface area (Å²) in [5.74, 6) is 1.92. The molecule has 53 heavy (non-hydrogen) atoms. The summed E-state index contributed by atoms with van der Waals surface area (Å²) in [6.45, 7) is 0. The van der Waals surface area contributed by atoms with Crippen molar-refractivity contribution in [2.75, 3.05) is 0 Å². The maximum absolute atomic E-state index is 5.20. The smallest absolute Gasteiger partial charge is 0.164 e. The molecule has 0 aliphatic heterocycles. The maximum atomic E-state index is 5.20. The van der Waals surface area contributed by atoms with Crippen LogP contribution in [0.1, 0.15) is 22.3 Å². The Kier molecular flexibility index (Phi) is 7.36. The van der Waals surface area contributed by atoms with Gasteiger partial charge in [-0.2, -0.15) is 0 Å². The molecule has 0 saturated carbocycles. The third-order valence-electron chi connectivity index (χ3n) is 10.6. The lowest BCUT2D eigenvalue weighted by molar-refractivity contribution is 0.768. The second kappa shape index (κ2) is 12.7. The fourth-order valence-electron chi connectivity index (χ4n) is 8.21. The van der Waals surface area contributed by atoms with Gasteiger partial charge in [0.25, 0.3) is 0 Å². The molecule has 1 aromatic heterocycles. The van der Waals surface area contributed by atoms with Gasteiger partial charge in [0.1, 0.15) is 0 Å². The van der Waals surface area contributed by atoms with Crippen molar-refractivity contribution in [1.82, 2.24) is 15.0 Å². The van der Waals surface area contributed by atoms with Crippen LogP contribution in [-0.2, 0) is 5.41 Å². The average molecular weight is 676 g/mol. The maximum Gasteiger partial charge on any atom is 0.164 e. The van der Waals surface area contributed by atoms with Gasteiger partial charge in [-0.3, -0.25) is 0 Å². The molecule has 3 heteroatoms. The van der Waals surface area contributed by atoms with Crippen LogP contribution in [0.3, 0.4) is 0 Å². The van der Waals surface area contributed by atoms with Gasteiger partial charge in [0, 0.05) is 16.7 Å². The highest BCUT2D eigenvalue weighted by atomic mass is 15.0. The van der Waals surface area contributed by atoms with Crippen LogP contribution in [0, 0.1) is 0 Å². The first-order chi connectivity index (χ1) is 26.3. The molecule has 0 N–H and O–H groups in total. The molecular weight excluding hydrogens is 643 g/mol. The van der Waals surface area contributed by atoms with E-state index in [1.54, 1.807) is 0 Å². The third-order valence-corrected chi connectivity index (χ3v) is 10.6. The van der Waals surface area contributed by atoms with Crippen LogP contribution in [0.25, 0.3) is 67.2 Å². The van der Waals surface area contributed by atoms with E-state index in [9.17, 15) is 0 Å². The van der Waals surface area contributed by atoms with E-state index in [0.29, 0.717) is 17.5 Å². The number of hydrogen-bond acceptors (Lipinski definition) is 3. The summed E-state index contributed by atoms with van der Waals surface area (Å²) in [7, 11) is 0. The number of rotatable bonds is 6. The predicted molar refractivity (Wildman–Crippen MR) is 216 cm³/mol. The van der Waals surface area contributed by atoms with Crippen molar-refractivity contribution in [2.24, 2.45) is 0 Å². The van der Waals surface area contributed by atoms with E-state index in [0.717, 1.165) is 22.3 Å². The van der Waals surface area contributed by atoms with Gasteiger partial charge in [0.05, 0.1) is 5.41 Å². The number of benzene rings is 8. The Morgan fingerprint density at radius 3 is 1.47 bits per heavy atom. The molecular formula is C50H33N3. The minimum Gasteiger partial charge on any atom is -0.208 e. The normalized spacial score (nSPS) is 12.7. The Morgan fingerprint density at radius 2 is 0.774 bits per heavy atom. The van der Waals surface area contributed by atoms with E-state index in [-0.39, 0.29) is 0 Å². The van der Waals surface area contributed by atoms with Crippen molar-refractivity contribution < 1.29 is 0 Å². The van der Waals surface area contributed by atoms with Crippen LogP contribution in [-0.4, -0.2) is 15.0 Å². The Balaban J connectivity index is 1.16. The van der Waals surface area contributed by atoms with E-state index in [4.69, 9.17) is 15.0 Å². The molecule has 0 saturated heterocycles. The zero-order valence-electron chi connectivity index (χ0n) is 28.9. The van der Waals surface area contributed by atoms with Crippen molar-refractivity contribution in [2.45, 2.75) is 5.41 Å². The summed E-state index contributed by atoms with van der Waals surface area (Å²) in [5, 5.41) is 2.46. The molecule has 0 amide bonds. The molecule has 0 bridgehead atoms. The molecule has 1 aliphatic rings. The van der Waals surface area contributed by atoms with E-state index >= 15 is 0 Å². The fraction of sp³-hybridized carbons (Fsp3) is 0.0200. The lowest BCUT2D eigenvalue weighted by Crippen LogP contribution is -2.28.